The summed E-state index contributed by atoms with van der Waals surface area (Å²) in [4.78, 5) is 12.6. The van der Waals surface area contributed by atoms with Gasteiger partial charge in [0.25, 0.3) is 5.56 Å². The molecule has 120 valence electrons. The molecule has 0 saturated carbocycles. The van der Waals surface area contributed by atoms with Crippen LogP contribution in [0.15, 0.2) is 53.3 Å². The third-order valence-corrected chi connectivity index (χ3v) is 3.78. The predicted octanol–water partition coefficient (Wildman–Crippen LogP) is 1.15. The number of nitrogens with one attached hydrogen (secondary N) is 2. The number of nitrogens with zero attached hydrogens (tertiary/aromatic N) is 1. The van der Waals surface area contributed by atoms with Crippen molar-refractivity contribution in [2.75, 3.05) is 12.1 Å². The minimum atomic E-state index is -0.167. The summed E-state index contributed by atoms with van der Waals surface area (Å²) in [6.45, 7) is 4.13. The number of para-hydroxylation sites is 1. The molecule has 0 radical (unpaired) electrons. The molecule has 4 rings (SSSR count). The van der Waals surface area contributed by atoms with Crippen molar-refractivity contribution >= 4 is 18.5 Å². The first kappa shape index (κ1) is 14.2. The molecule has 6 heteroatoms. The monoisotopic (exact) mass is 321 g/mol. The van der Waals surface area contributed by atoms with E-state index in [1.54, 1.807) is 6.20 Å². The number of anilines is 1. The highest BCUT2D eigenvalue weighted by Crippen LogP contribution is 2.34. The number of ether oxygens (including phenoxy) is 2. The molecule has 6 nitrogen and oxygen atoms in total. The van der Waals surface area contributed by atoms with E-state index in [4.69, 9.17) is 9.47 Å². The highest BCUT2D eigenvalue weighted by atomic mass is 16.7. The number of hydrogen-bond donors (Lipinski definition) is 2. The third-order valence-electron chi connectivity index (χ3n) is 3.78. The van der Waals surface area contributed by atoms with Crippen LogP contribution in [0.3, 0.4) is 0 Å². The van der Waals surface area contributed by atoms with Gasteiger partial charge in [0, 0.05) is 18.0 Å². The fraction of sp³-hybridized carbons (Fsp3) is 0.0556. The Bertz CT molecular complexity index is 1050. The number of benzene rings is 2. The number of hydrogen-bond acceptors (Lipinski definition) is 4. The van der Waals surface area contributed by atoms with Gasteiger partial charge in [-0.15, -0.1) is 0 Å². The summed E-state index contributed by atoms with van der Waals surface area (Å²) in [7, 11) is 0. The number of H-pyrrole nitrogens is 1. The molecule has 0 unspecified atom stereocenters. The van der Waals surface area contributed by atoms with Gasteiger partial charge in [0.2, 0.25) is 6.79 Å². The molecule has 2 aromatic carbocycles. The van der Waals surface area contributed by atoms with E-state index in [-0.39, 0.29) is 12.4 Å². The molecule has 24 heavy (non-hydrogen) atoms. The minimum absolute atomic E-state index is 0.167. The van der Waals surface area contributed by atoms with Crippen molar-refractivity contribution in [2.24, 2.45) is 0 Å². The van der Waals surface area contributed by atoms with Gasteiger partial charge in [0.1, 0.15) is 0 Å². The number of rotatable bonds is 3. The largest absolute Gasteiger partial charge is 0.454 e. The van der Waals surface area contributed by atoms with E-state index in [2.05, 4.69) is 17.0 Å². The molecule has 0 saturated heterocycles. The molecule has 1 aliphatic heterocycles. The van der Waals surface area contributed by atoms with Crippen molar-refractivity contribution in [3.63, 3.8) is 0 Å². The molecular formula is C18H15N3O3. The number of fused-ring (bicyclic) bond motifs is 1. The van der Waals surface area contributed by atoms with Gasteiger partial charge in [-0.3, -0.25) is 9.89 Å². The lowest BCUT2D eigenvalue weighted by atomic mass is 10.3. The maximum atomic E-state index is 12.6. The van der Waals surface area contributed by atoms with Crippen LogP contribution >= 0.6 is 0 Å². The summed E-state index contributed by atoms with van der Waals surface area (Å²) >= 11 is 0. The first-order chi connectivity index (χ1) is 11.7. The molecule has 0 atom stereocenters. The third kappa shape index (κ3) is 2.44. The van der Waals surface area contributed by atoms with E-state index in [0.29, 0.717) is 22.1 Å². The van der Waals surface area contributed by atoms with Crippen LogP contribution < -0.4 is 30.9 Å². The van der Waals surface area contributed by atoms with Gasteiger partial charge in [-0.2, -0.15) is 0 Å². The quantitative estimate of drug-likeness (QED) is 0.759. The second kappa shape index (κ2) is 5.66. The van der Waals surface area contributed by atoms with Crippen molar-refractivity contribution in [2.45, 2.75) is 0 Å². The fourth-order valence-corrected chi connectivity index (χ4v) is 2.55. The second-order valence-electron chi connectivity index (χ2n) is 5.34. The molecule has 0 bridgehead atoms. The molecule has 1 aromatic heterocycles. The van der Waals surface area contributed by atoms with Crippen LogP contribution in [-0.4, -0.2) is 16.6 Å². The average Bonchev–Trinajstić information content (AvgIpc) is 3.18. The van der Waals surface area contributed by atoms with Crippen LogP contribution in [0.1, 0.15) is 0 Å². The SMILES string of the molecule is C=c1[nH]n(-c2ccccc2)c(=O)c1=CNc1ccc2c(c1)OCO2. The van der Waals surface area contributed by atoms with Gasteiger partial charge in [-0.25, -0.2) is 4.68 Å². The number of aromatic nitrogens is 2. The van der Waals surface area contributed by atoms with E-state index in [9.17, 15) is 4.79 Å². The Morgan fingerprint density at radius 3 is 2.75 bits per heavy atom. The van der Waals surface area contributed by atoms with Gasteiger partial charge in [0.05, 0.1) is 16.3 Å². The van der Waals surface area contributed by atoms with Crippen molar-refractivity contribution in [1.29, 1.82) is 0 Å². The summed E-state index contributed by atoms with van der Waals surface area (Å²) < 4.78 is 12.1. The predicted molar refractivity (Wildman–Crippen MR) is 91.8 cm³/mol. The molecule has 0 aliphatic carbocycles. The molecule has 0 spiro atoms. The zero-order valence-corrected chi connectivity index (χ0v) is 12.8. The standard InChI is InChI=1S/C18H15N3O3/c1-12-15(18(22)21(20-12)14-5-3-2-4-6-14)10-19-13-7-8-16-17(9-13)24-11-23-16/h2-10,19-20H,1,11H2. The molecule has 3 aromatic rings. The van der Waals surface area contributed by atoms with Crippen LogP contribution in [-0.2, 0) is 0 Å². The zero-order valence-electron chi connectivity index (χ0n) is 12.8. The Morgan fingerprint density at radius 1 is 1.12 bits per heavy atom. The minimum Gasteiger partial charge on any atom is -0.454 e. The van der Waals surface area contributed by atoms with Gasteiger partial charge >= 0.3 is 0 Å². The highest BCUT2D eigenvalue weighted by Gasteiger charge is 2.12. The number of aromatic amines is 1. The first-order valence-corrected chi connectivity index (χ1v) is 7.44. The second-order valence-corrected chi connectivity index (χ2v) is 5.34. The maximum Gasteiger partial charge on any atom is 0.280 e. The van der Waals surface area contributed by atoms with Gasteiger partial charge < -0.3 is 14.8 Å². The smallest absolute Gasteiger partial charge is 0.280 e. The maximum absolute atomic E-state index is 12.6. The summed E-state index contributed by atoms with van der Waals surface area (Å²) in [5.41, 5.74) is 1.39. The lowest BCUT2D eigenvalue weighted by molar-refractivity contribution is 0.174. The molecule has 2 heterocycles. The van der Waals surface area contributed by atoms with Crippen molar-refractivity contribution < 1.29 is 9.47 Å². The zero-order chi connectivity index (χ0) is 16.5. The molecule has 2 N–H and O–H groups in total. The topological polar surface area (TPSA) is 68.3 Å². The van der Waals surface area contributed by atoms with Crippen LogP contribution in [0, 0.1) is 0 Å². The van der Waals surface area contributed by atoms with Crippen molar-refractivity contribution in [3.05, 3.63) is 69.5 Å². The fourth-order valence-electron chi connectivity index (χ4n) is 2.55. The van der Waals surface area contributed by atoms with Gasteiger partial charge in [-0.05, 0) is 24.3 Å². The van der Waals surface area contributed by atoms with Crippen LogP contribution in [0.25, 0.3) is 18.5 Å². The Labute approximate surface area is 137 Å². The Kier molecular flexibility index (Phi) is 3.35. The van der Waals surface area contributed by atoms with E-state index < -0.39 is 0 Å². The normalized spacial score (nSPS) is 13.2. The van der Waals surface area contributed by atoms with Crippen molar-refractivity contribution in [3.8, 4) is 17.2 Å². The molecule has 1 aliphatic rings. The van der Waals surface area contributed by atoms with Crippen molar-refractivity contribution in [1.82, 2.24) is 9.78 Å². The lowest BCUT2D eigenvalue weighted by Crippen LogP contribution is -2.34. The summed E-state index contributed by atoms with van der Waals surface area (Å²) in [6, 6.07) is 14.9. The van der Waals surface area contributed by atoms with Gasteiger partial charge in [0.15, 0.2) is 11.5 Å². The van der Waals surface area contributed by atoms with Gasteiger partial charge in [-0.1, -0.05) is 24.8 Å². The lowest BCUT2D eigenvalue weighted by Gasteiger charge is -2.01. The molecular weight excluding hydrogens is 306 g/mol. The average molecular weight is 321 g/mol. The van der Waals surface area contributed by atoms with E-state index in [1.165, 1.54) is 4.68 Å². The van der Waals surface area contributed by atoms with Crippen LogP contribution in [0.5, 0.6) is 11.5 Å². The first-order valence-electron chi connectivity index (χ1n) is 7.44. The Balaban J connectivity index is 1.70. The summed E-state index contributed by atoms with van der Waals surface area (Å²) in [6.07, 6.45) is 1.64. The molecule has 0 amide bonds. The Hall–Kier alpha value is -3.41. The highest BCUT2D eigenvalue weighted by molar-refractivity contribution is 5.61. The van der Waals surface area contributed by atoms with E-state index >= 15 is 0 Å². The summed E-state index contributed by atoms with van der Waals surface area (Å²) in [5.74, 6) is 1.39. The molecule has 0 fully saturated rings. The van der Waals surface area contributed by atoms with Crippen LogP contribution in [0.2, 0.25) is 0 Å². The Morgan fingerprint density at radius 2 is 1.92 bits per heavy atom. The van der Waals surface area contributed by atoms with E-state index in [1.807, 2.05) is 48.5 Å². The van der Waals surface area contributed by atoms with Crippen LogP contribution in [0.4, 0.5) is 5.69 Å². The van der Waals surface area contributed by atoms with E-state index in [0.717, 1.165) is 11.4 Å². The summed E-state index contributed by atoms with van der Waals surface area (Å²) in [5, 5.41) is 7.10.